The molecule has 4 rings (SSSR count). The molecule has 0 unspecified atom stereocenters. The van der Waals surface area contributed by atoms with E-state index in [-0.39, 0.29) is 16.7 Å². The van der Waals surface area contributed by atoms with E-state index in [1.165, 1.54) is 38.4 Å². The molecule has 2 aromatic rings. The van der Waals surface area contributed by atoms with Crippen LogP contribution in [0.2, 0.25) is 5.15 Å². The van der Waals surface area contributed by atoms with Gasteiger partial charge in [-0.15, -0.1) is 10.2 Å². The fourth-order valence-corrected chi connectivity index (χ4v) is 4.98. The maximum atomic E-state index is 11.3. The van der Waals surface area contributed by atoms with Gasteiger partial charge in [0.05, 0.1) is 4.92 Å². The van der Waals surface area contributed by atoms with Crippen molar-refractivity contribution in [3.63, 3.8) is 0 Å². The van der Waals surface area contributed by atoms with Gasteiger partial charge in [0.2, 0.25) is 16.1 Å². The molecule has 0 spiro atoms. The first-order valence-electron chi connectivity index (χ1n) is 9.11. The van der Waals surface area contributed by atoms with Crippen molar-refractivity contribution in [1.29, 1.82) is 0 Å². The Labute approximate surface area is 165 Å². The van der Waals surface area contributed by atoms with Crippen molar-refractivity contribution in [1.82, 2.24) is 20.2 Å². The van der Waals surface area contributed by atoms with Crippen LogP contribution >= 0.6 is 22.9 Å². The van der Waals surface area contributed by atoms with Gasteiger partial charge >= 0.3 is 5.69 Å². The maximum Gasteiger partial charge on any atom is 0.348 e. The summed E-state index contributed by atoms with van der Waals surface area (Å²) in [6, 6.07) is 0. The summed E-state index contributed by atoms with van der Waals surface area (Å²) in [5, 5.41) is 22.1. The second-order valence-electron chi connectivity index (χ2n) is 6.83. The van der Waals surface area contributed by atoms with Crippen molar-refractivity contribution >= 4 is 39.6 Å². The first-order valence-corrected chi connectivity index (χ1v) is 10.3. The lowest BCUT2D eigenvalue weighted by atomic mass is 9.90. The van der Waals surface area contributed by atoms with Crippen molar-refractivity contribution in [3.05, 3.63) is 26.6 Å². The smallest absolute Gasteiger partial charge is 0.347 e. The van der Waals surface area contributed by atoms with E-state index in [0.717, 1.165) is 10.1 Å². The Morgan fingerprint density at radius 3 is 2.48 bits per heavy atom. The normalized spacial score (nSPS) is 18.7. The predicted molar refractivity (Wildman–Crippen MR) is 104 cm³/mol. The van der Waals surface area contributed by atoms with Crippen LogP contribution in [0.4, 0.5) is 16.6 Å². The Morgan fingerprint density at radius 1 is 1.07 bits per heavy atom. The first-order chi connectivity index (χ1) is 13.1. The number of rotatable bonds is 4. The third kappa shape index (κ3) is 3.81. The fourth-order valence-electron chi connectivity index (χ4n) is 3.72. The Hall–Kier alpha value is -2.07. The molecule has 144 valence electrons. The lowest BCUT2D eigenvalue weighted by Crippen LogP contribution is -2.47. The number of anilines is 2. The Balaban J connectivity index is 1.43. The van der Waals surface area contributed by atoms with E-state index in [4.69, 9.17) is 11.6 Å². The highest BCUT2D eigenvalue weighted by Crippen LogP contribution is 2.37. The number of piperazine rings is 1. The fraction of sp³-hybridized carbons (Fsp3) is 0.625. The highest BCUT2D eigenvalue weighted by Gasteiger charge is 2.29. The number of nitro groups is 1. The Bertz CT molecular complexity index is 819. The topological polar surface area (TPSA) is 101 Å². The molecule has 0 N–H and O–H groups in total. The van der Waals surface area contributed by atoms with Crippen molar-refractivity contribution in [2.24, 2.45) is 0 Å². The molecular formula is C16H20ClN7O2S. The first kappa shape index (κ1) is 18.3. The van der Waals surface area contributed by atoms with E-state index < -0.39 is 4.92 Å². The van der Waals surface area contributed by atoms with Crippen LogP contribution in [0.1, 0.15) is 43.0 Å². The van der Waals surface area contributed by atoms with E-state index in [9.17, 15) is 10.1 Å². The molecule has 0 bridgehead atoms. The van der Waals surface area contributed by atoms with Gasteiger partial charge < -0.3 is 9.80 Å². The van der Waals surface area contributed by atoms with E-state index in [1.54, 1.807) is 11.3 Å². The Morgan fingerprint density at radius 2 is 1.78 bits per heavy atom. The third-order valence-electron chi connectivity index (χ3n) is 5.17. The van der Waals surface area contributed by atoms with Crippen LogP contribution in [0.15, 0.2) is 6.33 Å². The molecule has 11 heteroatoms. The highest BCUT2D eigenvalue weighted by atomic mass is 35.5. The molecular weight excluding hydrogens is 390 g/mol. The standard InChI is InChI=1S/C16H20ClN7O2S/c17-13-12(24(25)26)14(19-10-18-13)22-6-8-23(9-7-22)16-21-20-15(27-16)11-4-2-1-3-5-11/h10-11H,1-9H2. The van der Waals surface area contributed by atoms with Gasteiger partial charge in [-0.2, -0.15) is 0 Å². The van der Waals surface area contributed by atoms with Crippen LogP contribution in [-0.2, 0) is 0 Å². The van der Waals surface area contributed by atoms with Crippen molar-refractivity contribution in [2.45, 2.75) is 38.0 Å². The molecule has 0 atom stereocenters. The lowest BCUT2D eigenvalue weighted by molar-refractivity contribution is -0.384. The highest BCUT2D eigenvalue weighted by molar-refractivity contribution is 7.15. The molecule has 2 aromatic heterocycles. The molecule has 1 saturated carbocycles. The van der Waals surface area contributed by atoms with Gasteiger partial charge in [0.15, 0.2) is 0 Å². The van der Waals surface area contributed by atoms with Gasteiger partial charge in [-0.1, -0.05) is 42.2 Å². The van der Waals surface area contributed by atoms with Crippen LogP contribution in [0.5, 0.6) is 0 Å². The molecule has 9 nitrogen and oxygen atoms in total. The van der Waals surface area contributed by atoms with Crippen LogP contribution < -0.4 is 9.80 Å². The summed E-state index contributed by atoms with van der Waals surface area (Å²) in [5.41, 5.74) is -0.233. The number of hydrogen-bond donors (Lipinski definition) is 0. The van der Waals surface area contributed by atoms with Crippen LogP contribution in [-0.4, -0.2) is 51.3 Å². The summed E-state index contributed by atoms with van der Waals surface area (Å²) in [5.74, 6) is 0.830. The minimum Gasteiger partial charge on any atom is -0.347 e. The van der Waals surface area contributed by atoms with Gasteiger partial charge in [0.1, 0.15) is 11.3 Å². The van der Waals surface area contributed by atoms with Crippen molar-refractivity contribution in [2.75, 3.05) is 36.0 Å². The van der Waals surface area contributed by atoms with Crippen molar-refractivity contribution in [3.8, 4) is 0 Å². The largest absolute Gasteiger partial charge is 0.348 e. The van der Waals surface area contributed by atoms with E-state index in [0.29, 0.717) is 32.1 Å². The quantitative estimate of drug-likeness (QED) is 0.430. The molecule has 1 aliphatic heterocycles. The van der Waals surface area contributed by atoms with Crippen molar-refractivity contribution < 1.29 is 4.92 Å². The number of hydrogen-bond acceptors (Lipinski definition) is 9. The summed E-state index contributed by atoms with van der Waals surface area (Å²) < 4.78 is 0. The molecule has 0 aromatic carbocycles. The summed E-state index contributed by atoms with van der Waals surface area (Å²) in [7, 11) is 0. The van der Waals surface area contributed by atoms with Gasteiger partial charge in [0, 0.05) is 32.1 Å². The summed E-state index contributed by atoms with van der Waals surface area (Å²) in [6.45, 7) is 2.62. The molecule has 2 fully saturated rings. The van der Waals surface area contributed by atoms with E-state index in [2.05, 4.69) is 25.1 Å². The Kier molecular flexibility index (Phi) is 5.35. The number of aromatic nitrogens is 4. The number of nitrogens with zero attached hydrogens (tertiary/aromatic N) is 7. The average Bonchev–Trinajstić information content (AvgIpc) is 3.18. The summed E-state index contributed by atoms with van der Waals surface area (Å²) in [4.78, 5) is 22.7. The summed E-state index contributed by atoms with van der Waals surface area (Å²) >= 11 is 7.58. The molecule has 27 heavy (non-hydrogen) atoms. The van der Waals surface area contributed by atoms with Crippen LogP contribution in [0.3, 0.4) is 0 Å². The third-order valence-corrected chi connectivity index (χ3v) is 6.60. The minimum atomic E-state index is -0.523. The van der Waals surface area contributed by atoms with Gasteiger partial charge in [0.25, 0.3) is 0 Å². The zero-order valence-corrected chi connectivity index (χ0v) is 16.3. The molecule has 2 aliphatic rings. The minimum absolute atomic E-state index is 0.131. The van der Waals surface area contributed by atoms with Gasteiger partial charge in [-0.05, 0) is 12.8 Å². The molecule has 1 saturated heterocycles. The molecule has 3 heterocycles. The van der Waals surface area contributed by atoms with E-state index in [1.807, 2.05) is 4.90 Å². The maximum absolute atomic E-state index is 11.3. The number of halogens is 1. The van der Waals surface area contributed by atoms with Gasteiger partial charge in [-0.3, -0.25) is 10.1 Å². The monoisotopic (exact) mass is 409 g/mol. The summed E-state index contributed by atoms with van der Waals surface area (Å²) in [6.07, 6.45) is 7.56. The molecule has 0 radical (unpaired) electrons. The second kappa shape index (κ2) is 7.89. The SMILES string of the molecule is O=[N+]([O-])c1c(Cl)ncnc1N1CCN(c2nnc(C3CCCCC3)s2)CC1. The predicted octanol–water partition coefficient (Wildman–Crippen LogP) is 3.26. The molecule has 1 aliphatic carbocycles. The second-order valence-corrected chi connectivity index (χ2v) is 8.17. The van der Waals surface area contributed by atoms with Crippen LogP contribution in [0, 0.1) is 10.1 Å². The lowest BCUT2D eigenvalue weighted by Gasteiger charge is -2.34. The zero-order chi connectivity index (χ0) is 18.8. The molecule has 0 amide bonds. The average molecular weight is 410 g/mol. The van der Waals surface area contributed by atoms with Crippen LogP contribution in [0.25, 0.3) is 0 Å². The zero-order valence-electron chi connectivity index (χ0n) is 14.8. The van der Waals surface area contributed by atoms with E-state index >= 15 is 0 Å². The van der Waals surface area contributed by atoms with Gasteiger partial charge in [-0.25, -0.2) is 9.97 Å².